The van der Waals surface area contributed by atoms with Crippen molar-refractivity contribution in [2.45, 2.75) is 90.1 Å². The van der Waals surface area contributed by atoms with E-state index in [1.165, 1.54) is 0 Å². The molecule has 1 saturated carbocycles. The van der Waals surface area contributed by atoms with Crippen molar-refractivity contribution in [1.29, 1.82) is 0 Å². The molecule has 0 unspecified atom stereocenters. The van der Waals surface area contributed by atoms with Crippen molar-refractivity contribution in [3.05, 3.63) is 12.2 Å². The highest BCUT2D eigenvalue weighted by molar-refractivity contribution is 6.74. The van der Waals surface area contributed by atoms with Gasteiger partial charge in [0.25, 0.3) is 0 Å². The summed E-state index contributed by atoms with van der Waals surface area (Å²) in [6.07, 6.45) is 5.93. The van der Waals surface area contributed by atoms with Crippen molar-refractivity contribution in [2.24, 2.45) is 22.7 Å². The number of hydrogen-bond acceptors (Lipinski definition) is 4. The van der Waals surface area contributed by atoms with E-state index in [9.17, 15) is 19.8 Å². The summed E-state index contributed by atoms with van der Waals surface area (Å²) < 4.78 is 13.1. The zero-order chi connectivity index (χ0) is 22.8. The summed E-state index contributed by atoms with van der Waals surface area (Å²) in [5.41, 5.74) is -3.17. The van der Waals surface area contributed by atoms with Crippen LogP contribution in [0.2, 0.25) is 18.1 Å². The van der Waals surface area contributed by atoms with Gasteiger partial charge in [-0.05, 0) is 43.3 Å². The van der Waals surface area contributed by atoms with Crippen LogP contribution in [0.15, 0.2) is 12.2 Å². The molecule has 2 N–H and O–H groups in total. The van der Waals surface area contributed by atoms with Gasteiger partial charge in [-0.1, -0.05) is 46.8 Å². The summed E-state index contributed by atoms with van der Waals surface area (Å²) in [5.74, 6) is -3.04. The van der Waals surface area contributed by atoms with Gasteiger partial charge in [-0.15, -0.1) is 0 Å². The van der Waals surface area contributed by atoms with Crippen LogP contribution in [0.1, 0.15) is 60.3 Å². The van der Waals surface area contributed by atoms with Crippen molar-refractivity contribution >= 4 is 20.3 Å². The summed E-state index contributed by atoms with van der Waals surface area (Å²) in [5, 5.41) is 20.3. The van der Waals surface area contributed by atoms with Crippen LogP contribution in [0.5, 0.6) is 0 Å². The number of carboxylic acids is 2. The quantitative estimate of drug-likeness (QED) is 0.367. The Morgan fingerprint density at radius 1 is 1.23 bits per heavy atom. The van der Waals surface area contributed by atoms with E-state index >= 15 is 0 Å². The average molecular weight is 439 g/mol. The van der Waals surface area contributed by atoms with Crippen LogP contribution in [-0.4, -0.2) is 48.8 Å². The normalized spacial score (nSPS) is 38.0. The highest BCUT2D eigenvalue weighted by Crippen LogP contribution is 2.69. The molecule has 170 valence electrons. The molecule has 0 aromatic carbocycles. The fourth-order valence-corrected chi connectivity index (χ4v) is 7.02. The Morgan fingerprint density at radius 3 is 2.37 bits per heavy atom. The number of carbonyl (C=O) groups is 2. The first kappa shape index (κ1) is 23.5. The van der Waals surface area contributed by atoms with Gasteiger partial charge in [0.15, 0.2) is 13.7 Å². The van der Waals surface area contributed by atoms with Crippen molar-refractivity contribution in [2.75, 3.05) is 6.61 Å². The zero-order valence-corrected chi connectivity index (χ0v) is 20.4. The van der Waals surface area contributed by atoms with Crippen molar-refractivity contribution in [3.63, 3.8) is 0 Å². The van der Waals surface area contributed by atoms with Crippen LogP contribution in [0.3, 0.4) is 0 Å². The Kier molecular flexibility index (Phi) is 5.61. The summed E-state index contributed by atoms with van der Waals surface area (Å²) in [7, 11) is -1.94. The molecule has 3 aliphatic rings. The van der Waals surface area contributed by atoms with Crippen molar-refractivity contribution in [1.82, 2.24) is 0 Å². The van der Waals surface area contributed by atoms with Crippen LogP contribution in [-0.2, 0) is 18.8 Å². The maximum Gasteiger partial charge on any atom is 0.321 e. The molecule has 30 heavy (non-hydrogen) atoms. The lowest BCUT2D eigenvalue weighted by atomic mass is 9.60. The smallest absolute Gasteiger partial charge is 0.321 e. The number of carboxylic acid groups (broad SMARTS) is 2. The Balaban J connectivity index is 1.94. The maximum atomic E-state index is 12.4. The minimum atomic E-state index is -1.94. The van der Waals surface area contributed by atoms with E-state index in [0.717, 1.165) is 19.3 Å². The number of aliphatic carboxylic acids is 2. The third kappa shape index (κ3) is 3.11. The van der Waals surface area contributed by atoms with Gasteiger partial charge in [-0.25, -0.2) is 0 Å². The third-order valence-corrected chi connectivity index (χ3v) is 13.4. The molecule has 0 bridgehead atoms. The second kappa shape index (κ2) is 7.17. The van der Waals surface area contributed by atoms with Gasteiger partial charge in [0.2, 0.25) is 0 Å². The number of allylic oxidation sites excluding steroid dienone is 2. The lowest BCUT2D eigenvalue weighted by molar-refractivity contribution is -0.168. The molecule has 3 rings (SSSR count). The third-order valence-electron chi connectivity index (χ3n) is 8.87. The molecule has 5 atom stereocenters. The number of hydrogen-bond donors (Lipinski definition) is 2. The summed E-state index contributed by atoms with van der Waals surface area (Å²) in [4.78, 5) is 24.7. The zero-order valence-electron chi connectivity index (χ0n) is 19.4. The van der Waals surface area contributed by atoms with Crippen LogP contribution in [0, 0.1) is 22.7 Å². The topological polar surface area (TPSA) is 93.1 Å². The van der Waals surface area contributed by atoms with Crippen LogP contribution in [0.4, 0.5) is 0 Å². The second-order valence-corrected chi connectivity index (χ2v) is 16.3. The van der Waals surface area contributed by atoms with Gasteiger partial charge < -0.3 is 19.4 Å². The van der Waals surface area contributed by atoms with Gasteiger partial charge in [-0.3, -0.25) is 9.59 Å². The summed E-state index contributed by atoms with van der Waals surface area (Å²) in [6.45, 7) is 15.6. The number of fused-ring (bicyclic) bond motifs is 2. The van der Waals surface area contributed by atoms with E-state index in [1.54, 1.807) is 0 Å². The molecule has 6 nitrogen and oxygen atoms in total. The maximum absolute atomic E-state index is 12.4. The second-order valence-electron chi connectivity index (χ2n) is 11.5. The lowest BCUT2D eigenvalue weighted by Gasteiger charge is -2.47. The first-order chi connectivity index (χ1) is 13.6. The fraction of sp³-hybridized carbons (Fsp3) is 0.826. The van der Waals surface area contributed by atoms with E-state index in [-0.39, 0.29) is 23.5 Å². The van der Waals surface area contributed by atoms with Gasteiger partial charge in [0.1, 0.15) is 0 Å². The Labute approximate surface area is 181 Å². The predicted octanol–water partition coefficient (Wildman–Crippen LogP) is 4.70. The molecule has 7 heteroatoms. The molecule has 0 aromatic heterocycles. The molecular weight excluding hydrogens is 400 g/mol. The standard InChI is InChI=1S/C23H38O6Si/c1-15-12-16(13-28-30(6,7)20(2,3)4)29-23(15)14-22(18(24)25,19(26)27)17-10-8-9-11-21(17,23)5/h8,10,15-17H,9,11-14H2,1-7H3,(H,24,25)(H,26,27)/t15-,16+,17-,21+,23-/m1/s1. The number of rotatable bonds is 5. The minimum absolute atomic E-state index is 0.00787. The van der Waals surface area contributed by atoms with E-state index in [4.69, 9.17) is 9.16 Å². The molecule has 1 spiro atoms. The molecular formula is C23H38O6Si. The van der Waals surface area contributed by atoms with Crippen LogP contribution in [0.25, 0.3) is 0 Å². The Hall–Kier alpha value is -1.18. The van der Waals surface area contributed by atoms with Crippen molar-refractivity contribution in [3.8, 4) is 0 Å². The first-order valence-corrected chi connectivity index (χ1v) is 14.0. The summed E-state index contributed by atoms with van der Waals surface area (Å²) >= 11 is 0. The van der Waals surface area contributed by atoms with E-state index in [1.807, 2.05) is 19.1 Å². The number of ether oxygens (including phenoxy) is 1. The minimum Gasteiger partial charge on any atom is -0.480 e. The first-order valence-electron chi connectivity index (χ1n) is 11.1. The van der Waals surface area contributed by atoms with E-state index < -0.39 is 42.6 Å². The Morgan fingerprint density at radius 2 is 1.83 bits per heavy atom. The molecule has 0 amide bonds. The summed E-state index contributed by atoms with van der Waals surface area (Å²) in [6, 6.07) is 0. The predicted molar refractivity (Wildman–Crippen MR) is 117 cm³/mol. The molecule has 0 aromatic rings. The van der Waals surface area contributed by atoms with Gasteiger partial charge in [0, 0.05) is 17.8 Å². The molecule has 1 saturated heterocycles. The monoisotopic (exact) mass is 438 g/mol. The largest absolute Gasteiger partial charge is 0.480 e. The Bertz CT molecular complexity index is 739. The van der Waals surface area contributed by atoms with Gasteiger partial charge in [-0.2, -0.15) is 0 Å². The van der Waals surface area contributed by atoms with Gasteiger partial charge in [0.05, 0.1) is 18.3 Å². The molecule has 2 fully saturated rings. The average Bonchev–Trinajstić information content (AvgIpc) is 3.06. The lowest BCUT2D eigenvalue weighted by Crippen LogP contribution is -2.50. The van der Waals surface area contributed by atoms with Crippen LogP contribution < -0.4 is 0 Å². The van der Waals surface area contributed by atoms with Crippen LogP contribution >= 0.6 is 0 Å². The highest BCUT2D eigenvalue weighted by atomic mass is 28.4. The highest BCUT2D eigenvalue weighted by Gasteiger charge is 2.76. The molecule has 1 aliphatic heterocycles. The molecule has 1 heterocycles. The fourth-order valence-electron chi connectivity index (χ4n) is 5.98. The molecule has 0 radical (unpaired) electrons. The van der Waals surface area contributed by atoms with E-state index in [2.05, 4.69) is 40.8 Å². The van der Waals surface area contributed by atoms with Gasteiger partial charge >= 0.3 is 11.9 Å². The van der Waals surface area contributed by atoms with E-state index in [0.29, 0.717) is 6.61 Å². The van der Waals surface area contributed by atoms with Crippen molar-refractivity contribution < 1.29 is 29.0 Å². The SMILES string of the molecule is C[C@@H]1C[C@@H](CO[Si](C)(C)C(C)(C)C)O[C@]12CC(C(=O)O)(C(=O)O)[C@@H]1C=CCC[C@@]12C. The molecule has 2 aliphatic carbocycles.